The van der Waals surface area contributed by atoms with Crippen LogP contribution < -0.4 is 15.5 Å². The Bertz CT molecular complexity index is 1400. The number of benzene rings is 1. The molecule has 1 saturated heterocycles. The van der Waals surface area contributed by atoms with Crippen LogP contribution in [-0.4, -0.2) is 85.3 Å². The van der Waals surface area contributed by atoms with Crippen LogP contribution >= 0.6 is 0 Å². The summed E-state index contributed by atoms with van der Waals surface area (Å²) in [5.41, 5.74) is 1.64. The third-order valence-corrected chi connectivity index (χ3v) is 7.49. The molecule has 1 heterocycles. The number of amides is 2. The van der Waals surface area contributed by atoms with Crippen LogP contribution in [0.2, 0.25) is 0 Å². The van der Waals surface area contributed by atoms with Gasteiger partial charge in [-0.25, -0.2) is 9.59 Å². The molecule has 1 aromatic carbocycles. The molecular weight excluding hydrogens is 660 g/mol. The number of carbonyl (C=O) groups excluding carboxylic acids is 7. The van der Waals surface area contributed by atoms with Crippen LogP contribution in [-0.2, 0) is 59.1 Å². The highest BCUT2D eigenvalue weighted by atomic mass is 16.7. The van der Waals surface area contributed by atoms with Gasteiger partial charge in [0.1, 0.15) is 23.7 Å². The molecule has 0 aromatic heterocycles. The lowest BCUT2D eigenvalue weighted by atomic mass is 9.83. The van der Waals surface area contributed by atoms with E-state index in [1.807, 2.05) is 0 Å². The van der Waals surface area contributed by atoms with Crippen molar-refractivity contribution in [3.8, 4) is 5.75 Å². The summed E-state index contributed by atoms with van der Waals surface area (Å²) < 4.78 is 32.6. The molecule has 16 nitrogen and oxygen atoms in total. The second-order valence-corrected chi connectivity index (χ2v) is 12.9. The van der Waals surface area contributed by atoms with Gasteiger partial charge in [-0.3, -0.25) is 28.8 Å². The Morgan fingerprint density at radius 2 is 1.64 bits per heavy atom. The maximum Gasteiger partial charge on any atom is 0.431 e. The van der Waals surface area contributed by atoms with Gasteiger partial charge in [-0.2, -0.15) is 5.48 Å². The Balaban J connectivity index is 2.34. The summed E-state index contributed by atoms with van der Waals surface area (Å²) in [6.45, 7) is 12.0. The molecule has 0 aliphatic carbocycles. The van der Waals surface area contributed by atoms with Crippen molar-refractivity contribution in [1.29, 1.82) is 0 Å². The van der Waals surface area contributed by atoms with E-state index in [1.54, 1.807) is 34.6 Å². The number of hydrogen-bond acceptors (Lipinski definition) is 14. The molecule has 2 rings (SSSR count). The lowest BCUT2D eigenvalue weighted by molar-refractivity contribution is -0.248. The van der Waals surface area contributed by atoms with Crippen molar-refractivity contribution < 1.29 is 66.8 Å². The number of Topliss-reactive ketones (excluding diaryl/α,β-unsaturated/α-hetero) is 2. The number of nitrogens with one attached hydrogen (secondary N) is 2. The van der Waals surface area contributed by atoms with Crippen LogP contribution in [0.4, 0.5) is 4.79 Å². The maximum atomic E-state index is 13.8. The normalized spacial score (nSPS) is 20.8. The number of esters is 3. The van der Waals surface area contributed by atoms with Crippen molar-refractivity contribution in [2.45, 2.75) is 111 Å². The van der Waals surface area contributed by atoms with E-state index in [-0.39, 0.29) is 49.6 Å². The fraction of sp³-hybridized carbons (Fsp3) is 0.618. The Morgan fingerprint density at radius 1 is 0.960 bits per heavy atom. The highest BCUT2D eigenvalue weighted by Crippen LogP contribution is 2.35. The molecule has 16 heteroatoms. The van der Waals surface area contributed by atoms with E-state index in [2.05, 4.69) is 10.8 Å². The van der Waals surface area contributed by atoms with Gasteiger partial charge >= 0.3 is 24.0 Å². The molecule has 0 unspecified atom stereocenters. The van der Waals surface area contributed by atoms with Crippen LogP contribution in [0.3, 0.4) is 0 Å². The molecule has 0 radical (unpaired) electrons. The van der Waals surface area contributed by atoms with E-state index in [1.165, 1.54) is 46.1 Å². The fourth-order valence-corrected chi connectivity index (χ4v) is 4.93. The summed E-state index contributed by atoms with van der Waals surface area (Å²) in [4.78, 5) is 92.0. The largest absolute Gasteiger partial charge is 0.467 e. The van der Waals surface area contributed by atoms with E-state index in [4.69, 9.17) is 33.3 Å². The first kappa shape index (κ1) is 41.6. The quantitative estimate of drug-likeness (QED) is 0.110. The van der Waals surface area contributed by atoms with Gasteiger partial charge in [-0.15, -0.1) is 0 Å². The molecule has 2 amide bonds. The van der Waals surface area contributed by atoms with E-state index >= 15 is 0 Å². The minimum Gasteiger partial charge on any atom is -0.467 e. The van der Waals surface area contributed by atoms with E-state index < -0.39 is 77.7 Å². The lowest BCUT2D eigenvalue weighted by Gasteiger charge is -2.42. The molecule has 6 atom stereocenters. The number of hydroxylamine groups is 1. The molecule has 1 aromatic rings. The molecule has 0 saturated carbocycles. The average molecular weight is 709 g/mol. The summed E-state index contributed by atoms with van der Waals surface area (Å²) in [5, 5.41) is 2.59. The minimum atomic E-state index is -1.37. The second-order valence-electron chi connectivity index (χ2n) is 12.9. The molecule has 1 aliphatic rings. The smallest absolute Gasteiger partial charge is 0.431 e. The lowest BCUT2D eigenvalue weighted by Crippen LogP contribution is -2.55. The van der Waals surface area contributed by atoms with E-state index in [9.17, 15) is 33.6 Å². The number of hydrogen-bond donors (Lipinski definition) is 2. The van der Waals surface area contributed by atoms with Crippen LogP contribution in [0, 0.1) is 11.8 Å². The van der Waals surface area contributed by atoms with Gasteiger partial charge < -0.3 is 33.7 Å². The monoisotopic (exact) mass is 708 g/mol. The van der Waals surface area contributed by atoms with Gasteiger partial charge in [-0.05, 0) is 57.7 Å². The predicted octanol–water partition coefficient (Wildman–Crippen LogP) is 3.11. The van der Waals surface area contributed by atoms with Crippen molar-refractivity contribution in [3.63, 3.8) is 0 Å². The van der Waals surface area contributed by atoms with Crippen molar-refractivity contribution in [2.75, 3.05) is 13.7 Å². The van der Waals surface area contributed by atoms with Gasteiger partial charge in [0.15, 0.2) is 18.0 Å². The SMILES string of the molecule is COC(=O)[C@H]1O[C@@H](Oc2ccc(COC(C)=O)cc2C(=O)N[C@@H](CC(C)=O)C(=O)CCCONC(=O)OC(C)(C)C)[C@H](OC(C)=O)[C@@H](C)[C@@H]1C. The Morgan fingerprint density at radius 3 is 2.22 bits per heavy atom. The van der Waals surface area contributed by atoms with Gasteiger partial charge in [0.05, 0.1) is 25.3 Å². The van der Waals surface area contributed by atoms with Gasteiger partial charge in [0.2, 0.25) is 6.29 Å². The third kappa shape index (κ3) is 13.4. The van der Waals surface area contributed by atoms with Crippen LogP contribution in [0.25, 0.3) is 0 Å². The summed E-state index contributed by atoms with van der Waals surface area (Å²) >= 11 is 0. The van der Waals surface area contributed by atoms with Gasteiger partial charge in [0.25, 0.3) is 5.91 Å². The summed E-state index contributed by atoms with van der Waals surface area (Å²) in [7, 11) is 1.20. The van der Waals surface area contributed by atoms with Crippen molar-refractivity contribution >= 4 is 41.5 Å². The van der Waals surface area contributed by atoms with Crippen molar-refractivity contribution in [3.05, 3.63) is 29.3 Å². The zero-order valence-corrected chi connectivity index (χ0v) is 29.9. The molecule has 0 bridgehead atoms. The zero-order chi connectivity index (χ0) is 37.8. The standard InChI is InChI=1S/C34H48N2O14/c1-18(37)15-25(26(40)11-10-14-46-36-33(43)50-34(6,7)8)35-30(41)24-16-23(17-45-21(4)38)12-13-27(24)48-32-29(47-22(5)39)20(3)19(2)28(49-32)31(42)44-9/h12-13,16,19-20,25,28-29,32H,10-11,14-15,17H2,1-9H3,(H,35,41)(H,36,43)/t19-,20-,25-,28-,29+,32+/m0/s1. The highest BCUT2D eigenvalue weighted by Gasteiger charge is 2.48. The molecule has 0 spiro atoms. The number of methoxy groups -OCH3 is 1. The third-order valence-electron chi connectivity index (χ3n) is 7.49. The van der Waals surface area contributed by atoms with Crippen molar-refractivity contribution in [1.82, 2.24) is 10.8 Å². The van der Waals surface area contributed by atoms with E-state index in [0.29, 0.717) is 5.56 Å². The fourth-order valence-electron chi connectivity index (χ4n) is 4.93. The number of carbonyl (C=O) groups is 7. The topological polar surface area (TPSA) is 208 Å². The van der Waals surface area contributed by atoms with Crippen LogP contribution in [0.1, 0.15) is 90.6 Å². The number of ketones is 2. The summed E-state index contributed by atoms with van der Waals surface area (Å²) in [6, 6.07) is 3.04. The molecule has 50 heavy (non-hydrogen) atoms. The maximum absolute atomic E-state index is 13.8. The average Bonchev–Trinajstić information content (AvgIpc) is 3.01. The Labute approximate surface area is 291 Å². The van der Waals surface area contributed by atoms with Crippen LogP contribution in [0.5, 0.6) is 5.75 Å². The van der Waals surface area contributed by atoms with Crippen molar-refractivity contribution in [2.24, 2.45) is 11.8 Å². The van der Waals surface area contributed by atoms with Crippen LogP contribution in [0.15, 0.2) is 18.2 Å². The van der Waals surface area contributed by atoms with Gasteiger partial charge in [0, 0.05) is 32.6 Å². The molecule has 278 valence electrons. The minimum absolute atomic E-state index is 0.0591. The number of rotatable bonds is 16. The second kappa shape index (κ2) is 19.0. The number of ether oxygens (including phenoxy) is 6. The predicted molar refractivity (Wildman–Crippen MR) is 173 cm³/mol. The zero-order valence-electron chi connectivity index (χ0n) is 29.9. The van der Waals surface area contributed by atoms with Gasteiger partial charge in [-0.1, -0.05) is 19.9 Å². The molecule has 2 N–H and O–H groups in total. The highest BCUT2D eigenvalue weighted by molar-refractivity contribution is 6.01. The molecular formula is C34H48N2O14. The molecule has 1 aliphatic heterocycles. The first-order valence-electron chi connectivity index (χ1n) is 16.1. The summed E-state index contributed by atoms with van der Waals surface area (Å²) in [6.07, 6.45) is -4.56. The first-order valence-corrected chi connectivity index (χ1v) is 16.1. The Kier molecular flexibility index (Phi) is 15.8. The van der Waals surface area contributed by atoms with E-state index in [0.717, 1.165) is 0 Å². The molecule has 1 fully saturated rings. The Hall–Kier alpha value is -4.57. The summed E-state index contributed by atoms with van der Waals surface area (Å²) in [5.74, 6) is -4.54. The first-order chi connectivity index (χ1) is 23.3.